The zero-order chi connectivity index (χ0) is 20.9. The molecule has 0 aliphatic rings. The third-order valence-electron chi connectivity index (χ3n) is 3.84. The minimum atomic E-state index is -0.930. The van der Waals surface area contributed by atoms with Crippen LogP contribution in [0, 0.1) is 0 Å². The van der Waals surface area contributed by atoms with Gasteiger partial charge in [0.15, 0.2) is 0 Å². The second kappa shape index (κ2) is 12.7. The van der Waals surface area contributed by atoms with Gasteiger partial charge in [-0.2, -0.15) is 11.8 Å². The molecule has 0 aromatic heterocycles. The SMILES string of the molecule is CSCC[C@H](NC(=O)[C@H](Cc1ccccc1)NC(=O)CNC(=O)CN)C(N)=O. The number of amides is 4. The third-order valence-corrected chi connectivity index (χ3v) is 4.48. The molecule has 0 radical (unpaired) electrons. The van der Waals surface area contributed by atoms with Gasteiger partial charge < -0.3 is 27.4 Å². The van der Waals surface area contributed by atoms with Crippen molar-refractivity contribution < 1.29 is 19.2 Å². The molecule has 1 aromatic carbocycles. The van der Waals surface area contributed by atoms with Crippen LogP contribution in [0.1, 0.15) is 12.0 Å². The van der Waals surface area contributed by atoms with Crippen LogP contribution in [0.2, 0.25) is 0 Å². The van der Waals surface area contributed by atoms with E-state index in [0.29, 0.717) is 12.2 Å². The highest BCUT2D eigenvalue weighted by Gasteiger charge is 2.25. The van der Waals surface area contributed by atoms with Crippen molar-refractivity contribution in [3.05, 3.63) is 35.9 Å². The number of hydrogen-bond acceptors (Lipinski definition) is 6. The molecule has 0 saturated carbocycles. The van der Waals surface area contributed by atoms with E-state index < -0.39 is 35.7 Å². The van der Waals surface area contributed by atoms with Crippen LogP contribution < -0.4 is 27.4 Å². The van der Waals surface area contributed by atoms with Crippen LogP contribution in [0.25, 0.3) is 0 Å². The number of primary amides is 1. The fraction of sp³-hybridized carbons (Fsp3) is 0.444. The van der Waals surface area contributed by atoms with Crippen LogP contribution >= 0.6 is 11.8 Å². The van der Waals surface area contributed by atoms with Gasteiger partial charge in [0.1, 0.15) is 12.1 Å². The molecule has 28 heavy (non-hydrogen) atoms. The Morgan fingerprint density at radius 2 is 1.71 bits per heavy atom. The molecule has 9 nitrogen and oxygen atoms in total. The summed E-state index contributed by atoms with van der Waals surface area (Å²) in [6, 6.07) is 7.36. The van der Waals surface area contributed by atoms with E-state index in [0.717, 1.165) is 5.56 Å². The van der Waals surface area contributed by atoms with Crippen molar-refractivity contribution >= 4 is 35.4 Å². The van der Waals surface area contributed by atoms with Crippen molar-refractivity contribution in [2.24, 2.45) is 11.5 Å². The Hall–Kier alpha value is -2.59. The van der Waals surface area contributed by atoms with Crippen LogP contribution in [-0.2, 0) is 25.6 Å². The molecule has 0 saturated heterocycles. The van der Waals surface area contributed by atoms with E-state index in [1.54, 1.807) is 0 Å². The van der Waals surface area contributed by atoms with Gasteiger partial charge >= 0.3 is 0 Å². The second-order valence-corrected chi connectivity index (χ2v) is 7.02. The number of carbonyl (C=O) groups is 4. The fourth-order valence-electron chi connectivity index (χ4n) is 2.35. The normalized spacial score (nSPS) is 12.5. The molecule has 4 amide bonds. The number of carbonyl (C=O) groups excluding carboxylic acids is 4. The first kappa shape index (κ1) is 23.4. The van der Waals surface area contributed by atoms with Crippen LogP contribution in [0.5, 0.6) is 0 Å². The molecule has 7 N–H and O–H groups in total. The number of nitrogens with two attached hydrogens (primary N) is 2. The van der Waals surface area contributed by atoms with Crippen molar-refractivity contribution in [3.63, 3.8) is 0 Å². The largest absolute Gasteiger partial charge is 0.368 e. The van der Waals surface area contributed by atoms with E-state index in [4.69, 9.17) is 11.5 Å². The second-order valence-electron chi connectivity index (χ2n) is 6.04. The highest BCUT2D eigenvalue weighted by Crippen LogP contribution is 2.06. The molecule has 1 rings (SSSR count). The maximum atomic E-state index is 12.7. The maximum absolute atomic E-state index is 12.7. The lowest BCUT2D eigenvalue weighted by Crippen LogP contribution is -2.55. The number of thioether (sulfide) groups is 1. The Balaban J connectivity index is 2.83. The summed E-state index contributed by atoms with van der Waals surface area (Å²) in [5.74, 6) is -1.54. The van der Waals surface area contributed by atoms with Crippen LogP contribution in [0.4, 0.5) is 0 Å². The van der Waals surface area contributed by atoms with Gasteiger partial charge in [0.2, 0.25) is 23.6 Å². The van der Waals surface area contributed by atoms with Gasteiger partial charge in [-0.15, -0.1) is 0 Å². The zero-order valence-electron chi connectivity index (χ0n) is 15.8. The average molecular weight is 410 g/mol. The summed E-state index contributed by atoms with van der Waals surface area (Å²) >= 11 is 1.53. The number of benzene rings is 1. The first-order chi connectivity index (χ1) is 13.4. The van der Waals surface area contributed by atoms with Crippen molar-refractivity contribution in [3.8, 4) is 0 Å². The van der Waals surface area contributed by atoms with E-state index in [2.05, 4.69) is 16.0 Å². The van der Waals surface area contributed by atoms with Gasteiger partial charge in [-0.05, 0) is 24.0 Å². The minimum absolute atomic E-state index is 0.220. The highest BCUT2D eigenvalue weighted by atomic mass is 32.2. The predicted octanol–water partition coefficient (Wildman–Crippen LogP) is -1.49. The van der Waals surface area contributed by atoms with Crippen molar-refractivity contribution in [1.29, 1.82) is 0 Å². The molecule has 0 bridgehead atoms. The minimum Gasteiger partial charge on any atom is -0.368 e. The lowest BCUT2D eigenvalue weighted by Gasteiger charge is -2.22. The summed E-state index contributed by atoms with van der Waals surface area (Å²) in [5.41, 5.74) is 11.4. The molecule has 0 fully saturated rings. The highest BCUT2D eigenvalue weighted by molar-refractivity contribution is 7.98. The predicted molar refractivity (Wildman–Crippen MR) is 108 cm³/mol. The van der Waals surface area contributed by atoms with Crippen LogP contribution in [-0.4, -0.2) is 60.8 Å². The van der Waals surface area contributed by atoms with E-state index >= 15 is 0 Å². The Morgan fingerprint density at radius 3 is 2.29 bits per heavy atom. The number of hydrogen-bond donors (Lipinski definition) is 5. The molecule has 1 aromatic rings. The van der Waals surface area contributed by atoms with Gasteiger partial charge in [0.05, 0.1) is 13.1 Å². The molecule has 154 valence electrons. The van der Waals surface area contributed by atoms with Gasteiger partial charge in [0, 0.05) is 6.42 Å². The van der Waals surface area contributed by atoms with E-state index in [1.165, 1.54) is 11.8 Å². The fourth-order valence-corrected chi connectivity index (χ4v) is 2.82. The summed E-state index contributed by atoms with van der Waals surface area (Å²) in [5, 5.41) is 7.53. The maximum Gasteiger partial charge on any atom is 0.243 e. The van der Waals surface area contributed by atoms with E-state index in [9.17, 15) is 19.2 Å². The first-order valence-corrected chi connectivity index (χ1v) is 10.2. The first-order valence-electron chi connectivity index (χ1n) is 8.76. The summed E-state index contributed by atoms with van der Waals surface area (Å²) in [6.45, 7) is -0.544. The monoisotopic (exact) mass is 409 g/mol. The van der Waals surface area contributed by atoms with Crippen molar-refractivity contribution in [2.45, 2.75) is 24.9 Å². The van der Waals surface area contributed by atoms with Gasteiger partial charge in [-0.3, -0.25) is 19.2 Å². The molecular formula is C18H27N5O4S. The molecule has 2 atom stereocenters. The van der Waals surface area contributed by atoms with Gasteiger partial charge in [-0.25, -0.2) is 0 Å². The molecule has 0 aliphatic heterocycles. The third kappa shape index (κ3) is 8.87. The Kier molecular flexibility index (Phi) is 10.7. The van der Waals surface area contributed by atoms with Crippen LogP contribution in [0.15, 0.2) is 30.3 Å². The van der Waals surface area contributed by atoms with Crippen molar-refractivity contribution in [2.75, 3.05) is 25.1 Å². The number of nitrogens with one attached hydrogen (secondary N) is 3. The Bertz CT molecular complexity index is 671. The molecule has 0 aliphatic carbocycles. The zero-order valence-corrected chi connectivity index (χ0v) is 16.6. The van der Waals surface area contributed by atoms with E-state index in [-0.39, 0.29) is 19.5 Å². The quantitative estimate of drug-likeness (QED) is 0.283. The lowest BCUT2D eigenvalue weighted by atomic mass is 10.0. The molecular weight excluding hydrogens is 382 g/mol. The molecule has 10 heteroatoms. The Labute approximate surface area is 168 Å². The Morgan fingerprint density at radius 1 is 1.04 bits per heavy atom. The molecule has 0 spiro atoms. The van der Waals surface area contributed by atoms with Crippen molar-refractivity contribution in [1.82, 2.24) is 16.0 Å². The summed E-state index contributed by atoms with van der Waals surface area (Å²) in [7, 11) is 0. The van der Waals surface area contributed by atoms with Crippen LogP contribution in [0.3, 0.4) is 0 Å². The topological polar surface area (TPSA) is 156 Å². The smallest absolute Gasteiger partial charge is 0.243 e. The number of rotatable bonds is 12. The standard InChI is InChI=1S/C18H27N5O4S/c1-28-8-7-13(17(20)26)23-18(27)14(9-12-5-3-2-4-6-12)22-16(25)11-21-15(24)10-19/h2-6,13-14H,7-11,19H2,1H3,(H2,20,26)(H,21,24)(H,22,25)(H,23,27)/t13-,14-/m0/s1. The van der Waals surface area contributed by atoms with E-state index in [1.807, 2.05) is 36.6 Å². The molecule has 0 unspecified atom stereocenters. The van der Waals surface area contributed by atoms with Gasteiger partial charge in [-0.1, -0.05) is 30.3 Å². The summed E-state index contributed by atoms with van der Waals surface area (Å²) in [4.78, 5) is 47.6. The lowest BCUT2D eigenvalue weighted by molar-refractivity contribution is -0.131. The van der Waals surface area contributed by atoms with Gasteiger partial charge in [0.25, 0.3) is 0 Å². The summed E-state index contributed by atoms with van der Waals surface area (Å²) in [6.07, 6.45) is 2.49. The molecule has 0 heterocycles. The average Bonchev–Trinajstić information content (AvgIpc) is 2.69. The summed E-state index contributed by atoms with van der Waals surface area (Å²) < 4.78 is 0.